The van der Waals surface area contributed by atoms with Crippen LogP contribution in [0, 0.1) is 0 Å². The monoisotopic (exact) mass is 338 g/mol. The second-order valence-electron chi connectivity index (χ2n) is 5.12. The molecule has 0 radical (unpaired) electrons. The third-order valence-corrected chi connectivity index (χ3v) is 4.93. The second kappa shape index (κ2) is 5.65. The molecule has 23 heavy (non-hydrogen) atoms. The summed E-state index contributed by atoms with van der Waals surface area (Å²) in [5, 5.41) is 5.40. The number of halogens is 1. The van der Waals surface area contributed by atoms with Crippen LogP contribution in [0.2, 0.25) is 5.02 Å². The van der Waals surface area contributed by atoms with Crippen molar-refractivity contribution >= 4 is 55.7 Å². The van der Waals surface area contributed by atoms with E-state index in [2.05, 4.69) is 16.4 Å². The molecule has 0 bridgehead atoms. The Morgan fingerprint density at radius 1 is 1.00 bits per heavy atom. The predicted molar refractivity (Wildman–Crippen MR) is 96.5 cm³/mol. The van der Waals surface area contributed by atoms with Gasteiger partial charge < -0.3 is 5.32 Å². The van der Waals surface area contributed by atoms with Crippen LogP contribution in [0.25, 0.3) is 21.1 Å². The fourth-order valence-corrected chi connectivity index (χ4v) is 3.53. The number of hydrogen-bond donors (Lipinski definition) is 1. The molecule has 1 amide bonds. The number of amides is 1. The van der Waals surface area contributed by atoms with Crippen molar-refractivity contribution in [2.45, 2.75) is 0 Å². The number of nitrogens with zero attached hydrogens (tertiary/aromatic N) is 1. The van der Waals surface area contributed by atoms with Gasteiger partial charge in [-0.05, 0) is 30.3 Å². The smallest absolute Gasteiger partial charge is 0.265 e. The van der Waals surface area contributed by atoms with Crippen LogP contribution < -0.4 is 5.32 Å². The summed E-state index contributed by atoms with van der Waals surface area (Å²) in [5.74, 6) is -0.176. The van der Waals surface area contributed by atoms with Crippen LogP contribution in [0.3, 0.4) is 0 Å². The quantitative estimate of drug-likeness (QED) is 0.535. The number of fused-ring (bicyclic) bond motifs is 2. The van der Waals surface area contributed by atoms with Crippen LogP contribution >= 0.6 is 22.9 Å². The first kappa shape index (κ1) is 14.2. The Labute approximate surface area is 141 Å². The van der Waals surface area contributed by atoms with Gasteiger partial charge in [0, 0.05) is 10.8 Å². The van der Waals surface area contributed by atoms with Crippen molar-refractivity contribution in [1.29, 1.82) is 0 Å². The maximum absolute atomic E-state index is 12.4. The number of para-hydroxylation sites is 2. The molecule has 2 aromatic carbocycles. The number of thiophene rings is 1. The van der Waals surface area contributed by atoms with E-state index in [1.807, 2.05) is 42.5 Å². The highest BCUT2D eigenvalue weighted by Gasteiger charge is 2.13. The Bertz CT molecular complexity index is 989. The van der Waals surface area contributed by atoms with Gasteiger partial charge in [-0.3, -0.25) is 4.79 Å². The maximum atomic E-state index is 12.4. The minimum atomic E-state index is -0.176. The Balaban J connectivity index is 1.72. The lowest BCUT2D eigenvalue weighted by atomic mass is 10.2. The van der Waals surface area contributed by atoms with E-state index in [4.69, 9.17) is 11.6 Å². The molecule has 2 heterocycles. The molecule has 2 aromatic heterocycles. The fraction of sp³-hybridized carbons (Fsp3) is 0. The van der Waals surface area contributed by atoms with Gasteiger partial charge in [0.25, 0.3) is 5.91 Å². The third-order valence-electron chi connectivity index (χ3n) is 3.56. The van der Waals surface area contributed by atoms with Gasteiger partial charge in [0.2, 0.25) is 0 Å². The zero-order valence-electron chi connectivity index (χ0n) is 11.9. The first-order valence-corrected chi connectivity index (χ1v) is 8.25. The highest BCUT2D eigenvalue weighted by molar-refractivity contribution is 7.20. The number of nitrogens with one attached hydrogen (secondary N) is 1. The molecule has 0 atom stereocenters. The van der Waals surface area contributed by atoms with Gasteiger partial charge in [0.15, 0.2) is 0 Å². The molecule has 1 N–H and O–H groups in total. The molecule has 112 valence electrons. The van der Waals surface area contributed by atoms with E-state index < -0.39 is 0 Å². The van der Waals surface area contributed by atoms with E-state index in [0.29, 0.717) is 15.6 Å². The molecule has 0 aliphatic carbocycles. The van der Waals surface area contributed by atoms with E-state index in [0.717, 1.165) is 21.1 Å². The summed E-state index contributed by atoms with van der Waals surface area (Å²) in [4.78, 5) is 18.5. The van der Waals surface area contributed by atoms with E-state index in [1.54, 1.807) is 12.1 Å². The summed E-state index contributed by atoms with van der Waals surface area (Å²) in [6, 6.07) is 19.0. The zero-order chi connectivity index (χ0) is 15.8. The lowest BCUT2D eigenvalue weighted by molar-refractivity contribution is 0.103. The normalized spacial score (nSPS) is 11.0. The van der Waals surface area contributed by atoms with Crippen LogP contribution in [-0.4, -0.2) is 10.9 Å². The number of carbonyl (C=O) groups is 1. The standard InChI is InChI=1S/C18H11ClN2OS/c19-13-6-2-4-8-15(13)20-17(22)16-10-12-9-11-5-1-3-7-14(11)21-18(12)23-16/h1-10H,(H,20,22). The Kier molecular flexibility index (Phi) is 3.48. The van der Waals surface area contributed by atoms with Crippen molar-refractivity contribution in [2.24, 2.45) is 0 Å². The number of carbonyl (C=O) groups excluding carboxylic acids is 1. The van der Waals surface area contributed by atoms with Gasteiger partial charge in [0.05, 0.1) is 21.1 Å². The van der Waals surface area contributed by atoms with Gasteiger partial charge in [-0.25, -0.2) is 4.98 Å². The largest absolute Gasteiger partial charge is 0.320 e. The number of rotatable bonds is 2. The Morgan fingerprint density at radius 2 is 1.78 bits per heavy atom. The molecular weight excluding hydrogens is 328 g/mol. The van der Waals surface area contributed by atoms with Crippen molar-refractivity contribution in [1.82, 2.24) is 4.98 Å². The highest BCUT2D eigenvalue weighted by Crippen LogP contribution is 2.29. The second-order valence-corrected chi connectivity index (χ2v) is 6.56. The van der Waals surface area contributed by atoms with Crippen molar-refractivity contribution < 1.29 is 4.79 Å². The number of aromatic nitrogens is 1. The minimum absolute atomic E-state index is 0.176. The minimum Gasteiger partial charge on any atom is -0.320 e. The zero-order valence-corrected chi connectivity index (χ0v) is 13.5. The molecule has 5 heteroatoms. The van der Waals surface area contributed by atoms with Crippen LogP contribution in [0.1, 0.15) is 9.67 Å². The van der Waals surface area contributed by atoms with E-state index in [9.17, 15) is 4.79 Å². The molecule has 0 spiro atoms. The van der Waals surface area contributed by atoms with Crippen molar-refractivity contribution in [2.75, 3.05) is 5.32 Å². The first-order valence-electron chi connectivity index (χ1n) is 7.06. The molecular formula is C18H11ClN2OS. The van der Waals surface area contributed by atoms with Crippen LogP contribution in [0.5, 0.6) is 0 Å². The summed E-state index contributed by atoms with van der Waals surface area (Å²) < 4.78 is 0. The van der Waals surface area contributed by atoms with Crippen molar-refractivity contribution in [3.63, 3.8) is 0 Å². The highest BCUT2D eigenvalue weighted by atomic mass is 35.5. The van der Waals surface area contributed by atoms with Crippen LogP contribution in [-0.2, 0) is 0 Å². The maximum Gasteiger partial charge on any atom is 0.265 e. The topological polar surface area (TPSA) is 42.0 Å². The average Bonchev–Trinajstić information content (AvgIpc) is 2.97. The molecule has 4 rings (SSSR count). The summed E-state index contributed by atoms with van der Waals surface area (Å²) >= 11 is 7.46. The Morgan fingerprint density at radius 3 is 2.65 bits per heavy atom. The van der Waals surface area contributed by atoms with Crippen LogP contribution in [0.15, 0.2) is 60.7 Å². The van der Waals surface area contributed by atoms with E-state index >= 15 is 0 Å². The predicted octanol–water partition coefficient (Wildman–Crippen LogP) is 5.36. The molecule has 4 aromatic rings. The van der Waals surface area contributed by atoms with Crippen LogP contribution in [0.4, 0.5) is 5.69 Å². The SMILES string of the molecule is O=C(Nc1ccccc1Cl)c1cc2cc3ccccc3nc2s1. The van der Waals surface area contributed by atoms with Gasteiger partial charge in [0.1, 0.15) is 4.83 Å². The van der Waals surface area contributed by atoms with E-state index in [-0.39, 0.29) is 5.91 Å². The van der Waals surface area contributed by atoms with E-state index in [1.165, 1.54) is 11.3 Å². The molecule has 0 aliphatic heterocycles. The molecule has 0 aliphatic rings. The number of benzene rings is 2. The van der Waals surface area contributed by atoms with Crippen molar-refractivity contribution in [3.05, 3.63) is 70.6 Å². The third kappa shape index (κ3) is 2.67. The number of anilines is 1. The Hall–Kier alpha value is -2.43. The van der Waals surface area contributed by atoms with Crippen molar-refractivity contribution in [3.8, 4) is 0 Å². The van der Waals surface area contributed by atoms with Gasteiger partial charge >= 0.3 is 0 Å². The lowest BCUT2D eigenvalue weighted by Crippen LogP contribution is -2.10. The number of pyridine rings is 1. The summed E-state index contributed by atoms with van der Waals surface area (Å²) in [7, 11) is 0. The fourth-order valence-electron chi connectivity index (χ4n) is 2.43. The molecule has 3 nitrogen and oxygen atoms in total. The number of hydrogen-bond acceptors (Lipinski definition) is 3. The summed E-state index contributed by atoms with van der Waals surface area (Å²) in [6.45, 7) is 0. The summed E-state index contributed by atoms with van der Waals surface area (Å²) in [5.41, 5.74) is 1.54. The van der Waals surface area contributed by atoms with Gasteiger partial charge in [-0.2, -0.15) is 0 Å². The van der Waals surface area contributed by atoms with Gasteiger partial charge in [-0.15, -0.1) is 11.3 Å². The molecule has 0 saturated carbocycles. The van der Waals surface area contributed by atoms with Gasteiger partial charge in [-0.1, -0.05) is 41.9 Å². The molecule has 0 fully saturated rings. The first-order chi connectivity index (χ1) is 11.2. The lowest BCUT2D eigenvalue weighted by Gasteiger charge is -2.04. The molecule has 0 saturated heterocycles. The molecule has 0 unspecified atom stereocenters. The average molecular weight is 339 g/mol. The summed E-state index contributed by atoms with van der Waals surface area (Å²) in [6.07, 6.45) is 0.